The lowest BCUT2D eigenvalue weighted by atomic mass is 10.2. The number of aromatic nitrogens is 4. The van der Waals surface area contributed by atoms with E-state index in [1.54, 1.807) is 26.9 Å². The fourth-order valence-electron chi connectivity index (χ4n) is 3.93. The molecular formula is C22H22N6O2. The van der Waals surface area contributed by atoms with Crippen LogP contribution in [0.4, 0.5) is 11.6 Å². The number of rotatable bonds is 4. The van der Waals surface area contributed by atoms with Gasteiger partial charge in [0, 0.05) is 49.1 Å². The average molecular weight is 402 g/mol. The highest BCUT2D eigenvalue weighted by molar-refractivity contribution is 5.91. The highest BCUT2D eigenvalue weighted by Crippen LogP contribution is 2.30. The van der Waals surface area contributed by atoms with Gasteiger partial charge in [0.25, 0.3) is 0 Å². The van der Waals surface area contributed by atoms with Gasteiger partial charge >= 0.3 is 0 Å². The van der Waals surface area contributed by atoms with Gasteiger partial charge in [-0.25, -0.2) is 19.9 Å². The van der Waals surface area contributed by atoms with Crippen LogP contribution in [0.25, 0.3) is 21.8 Å². The molecule has 8 heteroatoms. The van der Waals surface area contributed by atoms with Crippen LogP contribution in [0.1, 0.15) is 0 Å². The van der Waals surface area contributed by atoms with E-state index in [9.17, 15) is 0 Å². The maximum atomic E-state index is 5.32. The van der Waals surface area contributed by atoms with Crippen molar-refractivity contribution in [1.82, 2.24) is 19.9 Å². The number of hydrogen-bond acceptors (Lipinski definition) is 8. The molecule has 30 heavy (non-hydrogen) atoms. The highest BCUT2D eigenvalue weighted by Gasteiger charge is 2.22. The Kier molecular flexibility index (Phi) is 4.66. The number of ether oxygens (including phenoxy) is 2. The summed E-state index contributed by atoms with van der Waals surface area (Å²) in [7, 11) is 3.32. The fourth-order valence-corrected chi connectivity index (χ4v) is 3.93. The molecule has 1 aliphatic heterocycles. The Bertz CT molecular complexity index is 1110. The topological polar surface area (TPSA) is 76.5 Å². The summed E-state index contributed by atoms with van der Waals surface area (Å²) in [5, 5.41) is 2.07. The maximum absolute atomic E-state index is 5.32. The Morgan fingerprint density at radius 1 is 0.633 bits per heavy atom. The third kappa shape index (κ3) is 3.20. The van der Waals surface area contributed by atoms with Crippen LogP contribution in [0.3, 0.4) is 0 Å². The molecule has 0 aliphatic carbocycles. The largest absolute Gasteiger partial charge is 0.497 e. The zero-order chi connectivity index (χ0) is 20.5. The average Bonchev–Trinajstić information content (AvgIpc) is 2.82. The molecule has 3 heterocycles. The zero-order valence-electron chi connectivity index (χ0n) is 16.9. The third-order valence-corrected chi connectivity index (χ3v) is 5.52. The van der Waals surface area contributed by atoms with E-state index in [0.717, 1.165) is 71.1 Å². The Balaban J connectivity index is 1.40. The van der Waals surface area contributed by atoms with E-state index in [2.05, 4.69) is 29.7 Å². The number of nitrogens with zero attached hydrogens (tertiary/aromatic N) is 6. The van der Waals surface area contributed by atoms with Crippen molar-refractivity contribution in [1.29, 1.82) is 0 Å². The summed E-state index contributed by atoms with van der Waals surface area (Å²) in [6.45, 7) is 3.39. The highest BCUT2D eigenvalue weighted by atomic mass is 16.5. The Morgan fingerprint density at radius 2 is 1.07 bits per heavy atom. The van der Waals surface area contributed by atoms with Gasteiger partial charge in [0.1, 0.15) is 35.8 Å². The molecule has 0 radical (unpaired) electrons. The van der Waals surface area contributed by atoms with E-state index in [0.29, 0.717) is 0 Å². The molecule has 152 valence electrons. The standard InChI is InChI=1S/C22H22N6O2/c1-29-15-3-5-17-19(11-15)23-13-25-21(17)27-7-9-28(10-8-27)22-18-6-4-16(30-2)12-20(18)24-14-26-22/h3-6,11-14H,7-10H2,1-2H3. The molecule has 0 saturated carbocycles. The van der Waals surface area contributed by atoms with E-state index in [1.807, 2.05) is 36.4 Å². The van der Waals surface area contributed by atoms with Gasteiger partial charge in [-0.1, -0.05) is 0 Å². The molecule has 2 aromatic heterocycles. The molecule has 8 nitrogen and oxygen atoms in total. The number of anilines is 2. The molecule has 4 aromatic rings. The summed E-state index contributed by atoms with van der Waals surface area (Å²) >= 11 is 0. The van der Waals surface area contributed by atoms with Crippen molar-refractivity contribution in [2.45, 2.75) is 0 Å². The van der Waals surface area contributed by atoms with E-state index in [1.165, 1.54) is 0 Å². The molecule has 0 unspecified atom stereocenters. The smallest absolute Gasteiger partial charge is 0.140 e. The van der Waals surface area contributed by atoms with E-state index in [4.69, 9.17) is 9.47 Å². The van der Waals surface area contributed by atoms with Crippen LogP contribution in [0.5, 0.6) is 11.5 Å². The van der Waals surface area contributed by atoms with Crippen molar-refractivity contribution < 1.29 is 9.47 Å². The summed E-state index contributed by atoms with van der Waals surface area (Å²) in [6.07, 6.45) is 3.24. The van der Waals surface area contributed by atoms with E-state index >= 15 is 0 Å². The van der Waals surface area contributed by atoms with Gasteiger partial charge in [-0.15, -0.1) is 0 Å². The van der Waals surface area contributed by atoms with E-state index in [-0.39, 0.29) is 0 Å². The molecule has 0 atom stereocenters. The van der Waals surface area contributed by atoms with Crippen molar-refractivity contribution >= 4 is 33.4 Å². The number of benzene rings is 2. The minimum atomic E-state index is 0.796. The third-order valence-electron chi connectivity index (χ3n) is 5.52. The number of methoxy groups -OCH3 is 2. The lowest BCUT2D eigenvalue weighted by Gasteiger charge is -2.36. The minimum Gasteiger partial charge on any atom is -0.497 e. The Morgan fingerprint density at radius 3 is 1.47 bits per heavy atom. The molecule has 1 fully saturated rings. The summed E-state index contributed by atoms with van der Waals surface area (Å²) in [4.78, 5) is 22.5. The molecule has 0 spiro atoms. The van der Waals surface area contributed by atoms with Gasteiger partial charge in [-0.3, -0.25) is 0 Å². The Hall–Kier alpha value is -3.68. The Labute approximate surface area is 174 Å². The molecule has 1 saturated heterocycles. The van der Waals surface area contributed by atoms with Crippen LogP contribution in [0.15, 0.2) is 49.1 Å². The SMILES string of the molecule is COc1ccc2c(N3CCN(c4ncnc5cc(OC)ccc45)CC3)ncnc2c1. The summed E-state index contributed by atoms with van der Waals surface area (Å²) < 4.78 is 10.6. The first kappa shape index (κ1) is 18.4. The van der Waals surface area contributed by atoms with Crippen LogP contribution >= 0.6 is 0 Å². The molecular weight excluding hydrogens is 380 g/mol. The maximum Gasteiger partial charge on any atom is 0.140 e. The zero-order valence-corrected chi connectivity index (χ0v) is 16.9. The first-order valence-electron chi connectivity index (χ1n) is 9.84. The second-order valence-electron chi connectivity index (χ2n) is 7.13. The molecule has 2 aromatic carbocycles. The van der Waals surface area contributed by atoms with Crippen LogP contribution in [-0.2, 0) is 0 Å². The molecule has 0 bridgehead atoms. The van der Waals surface area contributed by atoms with Gasteiger partial charge in [-0.2, -0.15) is 0 Å². The van der Waals surface area contributed by atoms with Gasteiger partial charge < -0.3 is 19.3 Å². The number of fused-ring (bicyclic) bond motifs is 2. The van der Waals surface area contributed by atoms with E-state index < -0.39 is 0 Å². The first-order chi connectivity index (χ1) is 14.8. The van der Waals surface area contributed by atoms with Crippen LogP contribution in [0, 0.1) is 0 Å². The molecule has 1 aliphatic rings. The van der Waals surface area contributed by atoms with Gasteiger partial charge in [0.2, 0.25) is 0 Å². The summed E-state index contributed by atoms with van der Waals surface area (Å²) in [5.41, 5.74) is 1.77. The van der Waals surface area contributed by atoms with Crippen LogP contribution in [-0.4, -0.2) is 60.3 Å². The number of piperazine rings is 1. The summed E-state index contributed by atoms with van der Waals surface area (Å²) in [5.74, 6) is 3.51. The molecule has 0 amide bonds. The molecule has 0 N–H and O–H groups in total. The second kappa shape index (κ2) is 7.62. The molecule has 5 rings (SSSR count). The van der Waals surface area contributed by atoms with Crippen molar-refractivity contribution in [3.63, 3.8) is 0 Å². The number of hydrogen-bond donors (Lipinski definition) is 0. The predicted molar refractivity (Wildman–Crippen MR) is 117 cm³/mol. The van der Waals surface area contributed by atoms with Gasteiger partial charge in [0.05, 0.1) is 25.3 Å². The quantitative estimate of drug-likeness (QED) is 0.516. The van der Waals surface area contributed by atoms with Crippen LogP contribution < -0.4 is 19.3 Å². The van der Waals surface area contributed by atoms with Gasteiger partial charge in [-0.05, 0) is 24.3 Å². The van der Waals surface area contributed by atoms with Crippen LogP contribution in [0.2, 0.25) is 0 Å². The minimum absolute atomic E-state index is 0.796. The van der Waals surface area contributed by atoms with Gasteiger partial charge in [0.15, 0.2) is 0 Å². The predicted octanol–water partition coefficient (Wildman–Crippen LogP) is 2.92. The van der Waals surface area contributed by atoms with Crippen molar-refractivity contribution in [2.24, 2.45) is 0 Å². The fraction of sp³-hybridized carbons (Fsp3) is 0.273. The van der Waals surface area contributed by atoms with Crippen molar-refractivity contribution in [3.8, 4) is 11.5 Å². The normalized spacial score (nSPS) is 14.3. The lowest BCUT2D eigenvalue weighted by molar-refractivity contribution is 0.415. The monoisotopic (exact) mass is 402 g/mol. The second-order valence-corrected chi connectivity index (χ2v) is 7.13. The first-order valence-corrected chi connectivity index (χ1v) is 9.84. The lowest BCUT2D eigenvalue weighted by Crippen LogP contribution is -2.47. The summed E-state index contributed by atoms with van der Waals surface area (Å²) in [6, 6.07) is 11.8. The van der Waals surface area contributed by atoms with Crippen molar-refractivity contribution in [3.05, 3.63) is 49.1 Å². The van der Waals surface area contributed by atoms with Crippen molar-refractivity contribution in [2.75, 3.05) is 50.2 Å².